The Labute approximate surface area is 198 Å². The second-order valence-corrected chi connectivity index (χ2v) is 11.4. The number of rotatable bonds is 8. The maximum atomic E-state index is 5.46. The van der Waals surface area contributed by atoms with E-state index in [1.165, 1.54) is 74.0 Å². The van der Waals surface area contributed by atoms with Crippen LogP contribution in [0.3, 0.4) is 0 Å². The quantitative estimate of drug-likeness (QED) is 0.365. The average Bonchev–Trinajstić information content (AvgIpc) is 3.27. The highest BCUT2D eigenvalue weighted by atomic mass is 32.1. The summed E-state index contributed by atoms with van der Waals surface area (Å²) >= 11 is 10.9. The minimum atomic E-state index is 0.252. The molecule has 3 rings (SSSR count). The van der Waals surface area contributed by atoms with E-state index in [4.69, 9.17) is 25.3 Å². The Balaban J connectivity index is 2.55. The highest BCUT2D eigenvalue weighted by molar-refractivity contribution is 7.80. The number of hydrogen-bond donors (Lipinski definition) is 2. The highest BCUT2D eigenvalue weighted by Gasteiger charge is 2.57. The van der Waals surface area contributed by atoms with Gasteiger partial charge in [-0.05, 0) is 108 Å². The van der Waals surface area contributed by atoms with Crippen LogP contribution in [-0.2, 0) is 21.7 Å². The molecule has 0 atom stereocenters. The van der Waals surface area contributed by atoms with Gasteiger partial charge in [-0.2, -0.15) is 0 Å². The van der Waals surface area contributed by atoms with Crippen LogP contribution in [0.15, 0.2) is 9.79 Å². The van der Waals surface area contributed by atoms with Gasteiger partial charge in [-0.1, -0.05) is 55.4 Å². The van der Waals surface area contributed by atoms with Crippen molar-refractivity contribution < 1.29 is 0 Å². The molecule has 0 spiro atoms. The molecule has 0 bridgehead atoms. The van der Waals surface area contributed by atoms with Crippen LogP contribution in [0.25, 0.3) is 0 Å². The molecule has 0 aliphatic heterocycles. The van der Waals surface area contributed by atoms with Gasteiger partial charge in [-0.25, -0.2) is 0 Å². The van der Waals surface area contributed by atoms with Crippen LogP contribution in [0.1, 0.15) is 142 Å². The summed E-state index contributed by atoms with van der Waals surface area (Å²) in [5.41, 5.74) is 7.39. The predicted octanol–water partition coefficient (Wildman–Crippen LogP) is 9.30. The third kappa shape index (κ3) is 2.87. The van der Waals surface area contributed by atoms with Crippen molar-refractivity contribution in [2.45, 2.75) is 151 Å². The lowest BCUT2D eigenvalue weighted by molar-refractivity contribution is 0.272. The zero-order valence-electron chi connectivity index (χ0n) is 21.0. The molecule has 2 aliphatic rings. The van der Waals surface area contributed by atoms with Crippen LogP contribution in [-0.4, -0.2) is 0 Å². The number of benzene rings is 1. The Bertz CT molecular complexity index is 659. The van der Waals surface area contributed by atoms with Crippen molar-refractivity contribution in [2.75, 3.05) is 0 Å². The van der Waals surface area contributed by atoms with Crippen molar-refractivity contribution in [1.82, 2.24) is 0 Å². The van der Waals surface area contributed by atoms with E-state index >= 15 is 0 Å². The van der Waals surface area contributed by atoms with E-state index < -0.39 is 0 Å². The fourth-order valence-electron chi connectivity index (χ4n) is 7.85. The molecule has 0 nitrogen and oxygen atoms in total. The second kappa shape index (κ2) is 8.36. The number of hydrogen-bond acceptors (Lipinski definition) is 2. The zero-order chi connectivity index (χ0) is 22.5. The summed E-state index contributed by atoms with van der Waals surface area (Å²) in [4.78, 5) is 2.72. The Kier molecular flexibility index (Phi) is 6.85. The monoisotopic (exact) mass is 446 g/mol. The van der Waals surface area contributed by atoms with Crippen LogP contribution in [0.2, 0.25) is 0 Å². The molecule has 0 radical (unpaired) electrons. The van der Waals surface area contributed by atoms with Gasteiger partial charge in [-0.3, -0.25) is 0 Å². The molecule has 2 aliphatic carbocycles. The van der Waals surface area contributed by atoms with Crippen molar-refractivity contribution in [1.29, 1.82) is 0 Å². The van der Waals surface area contributed by atoms with Crippen LogP contribution < -0.4 is 0 Å². The van der Waals surface area contributed by atoms with Gasteiger partial charge in [-0.15, -0.1) is 25.3 Å². The molecule has 170 valence electrons. The minimum absolute atomic E-state index is 0.252. The van der Waals surface area contributed by atoms with Gasteiger partial charge in [0.2, 0.25) is 0 Å². The minimum Gasteiger partial charge on any atom is -0.143 e. The van der Waals surface area contributed by atoms with Gasteiger partial charge >= 0.3 is 0 Å². The van der Waals surface area contributed by atoms with Crippen molar-refractivity contribution in [3.05, 3.63) is 22.3 Å². The third-order valence-electron chi connectivity index (χ3n) is 10.3. The van der Waals surface area contributed by atoms with Crippen molar-refractivity contribution in [3.8, 4) is 0 Å². The number of thiol groups is 2. The first-order valence-electron chi connectivity index (χ1n) is 12.8. The predicted molar refractivity (Wildman–Crippen MR) is 139 cm³/mol. The molecule has 30 heavy (non-hydrogen) atoms. The Morgan fingerprint density at radius 1 is 0.433 bits per heavy atom. The van der Waals surface area contributed by atoms with E-state index in [2.05, 4.69) is 55.4 Å². The average molecular weight is 447 g/mol. The maximum Gasteiger partial charge on any atom is 0.0122 e. The summed E-state index contributed by atoms with van der Waals surface area (Å²) in [7, 11) is 0. The van der Waals surface area contributed by atoms with Gasteiger partial charge in [0.05, 0.1) is 0 Å². The Morgan fingerprint density at radius 2 is 0.600 bits per heavy atom. The molecule has 2 heteroatoms. The molecule has 0 N–H and O–H groups in total. The smallest absolute Gasteiger partial charge is 0.0122 e. The summed E-state index contributed by atoms with van der Waals surface area (Å²) in [6.07, 6.45) is 12.2. The van der Waals surface area contributed by atoms with Gasteiger partial charge < -0.3 is 0 Å². The summed E-state index contributed by atoms with van der Waals surface area (Å²) in [5.74, 6) is 0. The topological polar surface area (TPSA) is 0 Å². The maximum absolute atomic E-state index is 5.46. The van der Waals surface area contributed by atoms with Crippen molar-refractivity contribution in [2.24, 2.45) is 0 Å². The van der Waals surface area contributed by atoms with E-state index in [0.29, 0.717) is 0 Å². The summed E-state index contributed by atoms with van der Waals surface area (Å²) < 4.78 is 0. The van der Waals surface area contributed by atoms with Gasteiger partial charge in [0.25, 0.3) is 0 Å². The molecule has 0 unspecified atom stereocenters. The van der Waals surface area contributed by atoms with Crippen molar-refractivity contribution in [3.63, 3.8) is 0 Å². The molecule has 1 aromatic rings. The van der Waals surface area contributed by atoms with E-state index in [1.807, 2.05) is 0 Å². The molecule has 0 amide bonds. The molecule has 1 aromatic carbocycles. The van der Waals surface area contributed by atoms with Gasteiger partial charge in [0, 0.05) is 9.79 Å². The lowest BCUT2D eigenvalue weighted by Crippen LogP contribution is -2.29. The first-order valence-corrected chi connectivity index (χ1v) is 13.7. The standard InChI is InChI=1S/C28H46S2/c1-9-25(10-2)17-26(11-3,12-4)20-19(25)23(29)21-22(24(20)30)28(15-7,16-8)18-27(21,13-5)14-6/h29-30H,9-18H2,1-8H3. The van der Waals surface area contributed by atoms with Crippen LogP contribution >= 0.6 is 25.3 Å². The molecule has 0 fully saturated rings. The SMILES string of the molecule is CCC1(CC)CC(CC)(CC)c2c(S)c3c(c(S)c21)C(CC)(CC)CC3(CC)CC. The summed E-state index contributed by atoms with van der Waals surface area (Å²) in [6, 6.07) is 0. The fourth-order valence-corrected chi connectivity index (χ4v) is 9.25. The second-order valence-electron chi connectivity index (χ2n) is 10.5. The van der Waals surface area contributed by atoms with E-state index in [0.717, 1.165) is 0 Å². The largest absolute Gasteiger partial charge is 0.143 e. The summed E-state index contributed by atoms with van der Waals surface area (Å²) in [5, 5.41) is 0. The molecular weight excluding hydrogens is 400 g/mol. The lowest BCUT2D eigenvalue weighted by Gasteiger charge is -2.35. The molecule has 0 aromatic heterocycles. The fraction of sp³-hybridized carbons (Fsp3) is 0.786. The Hall–Kier alpha value is -0.0800. The van der Waals surface area contributed by atoms with Crippen LogP contribution in [0, 0.1) is 0 Å². The van der Waals surface area contributed by atoms with Gasteiger partial charge in [0.15, 0.2) is 0 Å². The van der Waals surface area contributed by atoms with E-state index in [9.17, 15) is 0 Å². The first-order chi connectivity index (χ1) is 14.2. The molecular formula is C28H46S2. The third-order valence-corrected chi connectivity index (χ3v) is 11.2. The zero-order valence-corrected chi connectivity index (χ0v) is 22.8. The highest BCUT2D eigenvalue weighted by Crippen LogP contribution is 2.66. The molecule has 0 heterocycles. The Morgan fingerprint density at radius 3 is 0.733 bits per heavy atom. The van der Waals surface area contributed by atoms with Gasteiger partial charge in [0.1, 0.15) is 0 Å². The first kappa shape index (κ1) is 24.6. The lowest BCUT2D eigenvalue weighted by atomic mass is 9.70. The summed E-state index contributed by atoms with van der Waals surface area (Å²) in [6.45, 7) is 19.2. The normalized spacial score (nSPS) is 22.2. The van der Waals surface area contributed by atoms with Crippen LogP contribution in [0.5, 0.6) is 0 Å². The van der Waals surface area contributed by atoms with E-state index in [1.54, 1.807) is 22.3 Å². The van der Waals surface area contributed by atoms with E-state index in [-0.39, 0.29) is 21.7 Å². The molecule has 0 saturated heterocycles. The van der Waals surface area contributed by atoms with Crippen molar-refractivity contribution >= 4 is 25.3 Å². The van der Waals surface area contributed by atoms with Crippen LogP contribution in [0.4, 0.5) is 0 Å². The molecule has 0 saturated carbocycles. The number of fused-ring (bicyclic) bond motifs is 2.